The van der Waals surface area contributed by atoms with Crippen molar-refractivity contribution in [2.45, 2.75) is 169 Å². The fraction of sp³-hybridized carbons (Fsp3) is 0.684. The number of terminal acetylenes is 1. The van der Waals surface area contributed by atoms with Gasteiger partial charge in [0.05, 0.1) is 50.8 Å². The van der Waals surface area contributed by atoms with Gasteiger partial charge in [-0.2, -0.15) is 0 Å². The van der Waals surface area contributed by atoms with Gasteiger partial charge in [-0.25, -0.2) is 9.59 Å². The molecule has 0 aliphatic carbocycles. The summed E-state index contributed by atoms with van der Waals surface area (Å²) in [7, 11) is 8.16. The zero-order valence-corrected chi connectivity index (χ0v) is 50.5. The Morgan fingerprint density at radius 1 is 0.807 bits per heavy atom. The van der Waals surface area contributed by atoms with Crippen molar-refractivity contribution in [3.8, 4) is 23.8 Å². The van der Waals surface area contributed by atoms with Gasteiger partial charge in [-0.3, -0.25) is 43.3 Å². The number of likely N-dealkylation sites (N-methyl/N-ethyl adjacent to an activating group) is 2. The highest BCUT2D eigenvalue weighted by molar-refractivity contribution is 5.92. The minimum absolute atomic E-state index is 0.0384. The molecule has 5 amide bonds. The minimum atomic E-state index is -1.74. The number of hydrogen-bond acceptors (Lipinski definition) is 21. The second kappa shape index (κ2) is 33.2. The van der Waals surface area contributed by atoms with Gasteiger partial charge >= 0.3 is 35.9 Å². The Hall–Kier alpha value is -7.24. The third-order valence-electron chi connectivity index (χ3n) is 14.5. The maximum absolute atomic E-state index is 14.7. The van der Waals surface area contributed by atoms with Crippen LogP contribution in [0, 0.1) is 36.0 Å². The molecule has 83 heavy (non-hydrogen) atoms. The summed E-state index contributed by atoms with van der Waals surface area (Å²) in [6.07, 6.45) is -3.55. The molecule has 1 aromatic carbocycles. The molecule has 26 nitrogen and oxygen atoms in total. The summed E-state index contributed by atoms with van der Waals surface area (Å²) in [5.41, 5.74) is 0.258. The number of hydrogen-bond donors (Lipinski definition) is 2. The van der Waals surface area contributed by atoms with Crippen LogP contribution in [0.4, 0.5) is 4.79 Å². The lowest BCUT2D eigenvalue weighted by atomic mass is 9.89. The van der Waals surface area contributed by atoms with Crippen LogP contribution < -0.4 is 20.1 Å². The van der Waals surface area contributed by atoms with Gasteiger partial charge in [0, 0.05) is 67.3 Å². The number of carbonyl (C=O) groups excluding carboxylic acids is 10. The second-order valence-electron chi connectivity index (χ2n) is 21.0. The summed E-state index contributed by atoms with van der Waals surface area (Å²) >= 11 is 0. The normalized spacial score (nSPS) is 21.0. The first-order chi connectivity index (χ1) is 39.1. The average Bonchev–Trinajstić information content (AvgIpc) is 4.08. The number of amides is 5. The number of rotatable bonds is 29. The molecular formula is C57H85N5O21. The van der Waals surface area contributed by atoms with Gasteiger partial charge in [-0.1, -0.05) is 60.8 Å². The summed E-state index contributed by atoms with van der Waals surface area (Å²) < 4.78 is 61.0. The van der Waals surface area contributed by atoms with Gasteiger partial charge in [0.15, 0.2) is 18.3 Å². The van der Waals surface area contributed by atoms with E-state index in [0.717, 1.165) is 32.8 Å². The van der Waals surface area contributed by atoms with Crippen molar-refractivity contribution >= 4 is 59.6 Å². The summed E-state index contributed by atoms with van der Waals surface area (Å²) in [4.78, 5) is 136. The van der Waals surface area contributed by atoms with E-state index in [4.69, 9.17) is 53.8 Å². The third-order valence-corrected chi connectivity index (χ3v) is 14.5. The van der Waals surface area contributed by atoms with Crippen molar-refractivity contribution in [2.75, 3.05) is 62.2 Å². The highest BCUT2D eigenvalue weighted by Gasteiger charge is 2.56. The molecule has 0 aromatic heterocycles. The van der Waals surface area contributed by atoms with E-state index in [0.29, 0.717) is 25.8 Å². The molecule has 2 saturated heterocycles. The quantitative estimate of drug-likeness (QED) is 0.0662. The average molecular weight is 1180 g/mol. The number of benzene rings is 1. The smallest absolute Gasteiger partial charge is 0.410 e. The van der Waals surface area contributed by atoms with Crippen molar-refractivity contribution in [2.24, 2.45) is 23.7 Å². The molecule has 2 heterocycles. The molecule has 0 saturated carbocycles. The topological polar surface area (TPSA) is 306 Å². The van der Waals surface area contributed by atoms with Gasteiger partial charge in [0.25, 0.3) is 0 Å². The zero-order chi connectivity index (χ0) is 62.6. The molecule has 0 spiro atoms. The molecule has 464 valence electrons. The summed E-state index contributed by atoms with van der Waals surface area (Å²) in [6.45, 7) is 15.0. The number of nitrogens with one attached hydrogen (secondary N) is 2. The van der Waals surface area contributed by atoms with Gasteiger partial charge in [-0.05, 0) is 42.7 Å². The lowest BCUT2D eigenvalue weighted by Crippen LogP contribution is -2.64. The Bertz CT molecular complexity index is 2470. The standard InChI is InChI=1S/C57H85N5O21/c1-18-25-77-40-26-38(82-56-51(81-36(11)65)49(80-35(10)64)48(79-34(9)63)50(83-56)55(71)76-17)23-22-37(40)29-78-57(72)61(13)45(31(5)6)53(69)59-44(30(3)4)54(70)60(12)46(32(7)19-2)41(73-14)27-42(66)62-24-20-21-39(62)47(75-16)33(8)52(68)58-28-43(67)74-15/h1,22-23,26,30-33,39,41,44-51,56H,19-21,24-25,27-29H2,2-17H3,(H,58,68)(H,59,69)/t32?,33-,39+,41-,44+,45+,46+,47-,48+,49+,50+,51-,56-/m1/s1. The van der Waals surface area contributed by atoms with E-state index in [1.54, 1.807) is 46.6 Å². The molecule has 3 rings (SSSR count). The first kappa shape index (κ1) is 70.0. The Morgan fingerprint density at radius 3 is 1.98 bits per heavy atom. The summed E-state index contributed by atoms with van der Waals surface area (Å²) in [6, 6.07) is 0.769. The lowest BCUT2D eigenvalue weighted by molar-refractivity contribution is -0.282. The van der Waals surface area contributed by atoms with Crippen molar-refractivity contribution in [3.05, 3.63) is 23.8 Å². The maximum atomic E-state index is 14.7. The predicted molar refractivity (Wildman–Crippen MR) is 293 cm³/mol. The molecule has 1 unspecified atom stereocenters. The largest absolute Gasteiger partial charge is 0.480 e. The Labute approximate surface area is 485 Å². The van der Waals surface area contributed by atoms with Gasteiger partial charge in [-0.15, -0.1) is 6.42 Å². The molecule has 2 aliphatic rings. The second-order valence-corrected chi connectivity index (χ2v) is 21.0. The number of ether oxygens (including phenoxy) is 11. The van der Waals surface area contributed by atoms with Gasteiger partial charge < -0.3 is 72.5 Å². The molecule has 0 bridgehead atoms. The van der Waals surface area contributed by atoms with Crippen LogP contribution in [0.5, 0.6) is 11.5 Å². The Morgan fingerprint density at radius 2 is 1.43 bits per heavy atom. The van der Waals surface area contributed by atoms with Gasteiger partial charge in [0.2, 0.25) is 36.0 Å². The number of esters is 5. The van der Waals surface area contributed by atoms with E-state index in [1.807, 2.05) is 13.8 Å². The number of methoxy groups -OCH3 is 4. The molecule has 2 N–H and O–H groups in total. The monoisotopic (exact) mass is 1180 g/mol. The SMILES string of the molecule is C#CCOc1cc(O[C@@H]2O[C@H](C(=O)OC)[C@@H](OC(C)=O)[C@H](OC(C)=O)[C@H]2OC(C)=O)ccc1COC(=O)N(C)[C@H](C(=O)N[C@H](C(=O)N(C)[C@@H](C(C)CC)[C@@H](CC(=O)N1CCC[C@H]1[C@H](OC)[C@@H](C)C(=O)NCC(=O)OC)OC)C(C)C)C(C)C. The number of likely N-dealkylation sites (tertiary alicyclic amines) is 1. The van der Waals surface area contributed by atoms with E-state index in [2.05, 4.69) is 21.3 Å². The van der Waals surface area contributed by atoms with E-state index < -0.39 is 145 Å². The van der Waals surface area contributed by atoms with Crippen molar-refractivity contribution in [1.82, 2.24) is 25.3 Å². The molecule has 0 radical (unpaired) electrons. The maximum Gasteiger partial charge on any atom is 0.410 e. The van der Waals surface area contributed by atoms with Crippen LogP contribution in [0.2, 0.25) is 0 Å². The fourth-order valence-electron chi connectivity index (χ4n) is 10.2. The fourth-order valence-corrected chi connectivity index (χ4v) is 10.2. The molecule has 13 atom stereocenters. The van der Waals surface area contributed by atoms with Crippen LogP contribution in [0.15, 0.2) is 18.2 Å². The van der Waals surface area contributed by atoms with Crippen LogP contribution in [0.25, 0.3) is 0 Å². The van der Waals surface area contributed by atoms with Crippen LogP contribution in [-0.4, -0.2) is 204 Å². The summed E-state index contributed by atoms with van der Waals surface area (Å²) in [5.74, 6) is -5.70. The summed E-state index contributed by atoms with van der Waals surface area (Å²) in [5, 5.41) is 5.45. The van der Waals surface area contributed by atoms with E-state index in [-0.39, 0.29) is 48.5 Å². The molecule has 2 aliphatic heterocycles. The lowest BCUT2D eigenvalue weighted by Gasteiger charge is -2.43. The predicted octanol–water partition coefficient (Wildman–Crippen LogP) is 2.71. The van der Waals surface area contributed by atoms with Crippen molar-refractivity contribution < 1.29 is 100 Å². The van der Waals surface area contributed by atoms with Crippen LogP contribution >= 0.6 is 0 Å². The van der Waals surface area contributed by atoms with Crippen LogP contribution in [0.3, 0.4) is 0 Å². The molecule has 1 aromatic rings. The highest BCUT2D eigenvalue weighted by atomic mass is 16.7. The number of nitrogens with zero attached hydrogens (tertiary/aromatic N) is 3. The van der Waals surface area contributed by atoms with E-state index >= 15 is 0 Å². The van der Waals surface area contributed by atoms with Crippen molar-refractivity contribution in [3.63, 3.8) is 0 Å². The molecule has 26 heteroatoms. The number of carbonyl (C=O) groups is 10. The Kier molecular flexibility index (Phi) is 28.0. The van der Waals surface area contributed by atoms with Crippen LogP contribution in [0.1, 0.15) is 100 Å². The highest BCUT2D eigenvalue weighted by Crippen LogP contribution is 2.35. The molecular weight excluding hydrogens is 1090 g/mol. The first-order valence-corrected chi connectivity index (χ1v) is 27.4. The van der Waals surface area contributed by atoms with Crippen molar-refractivity contribution in [1.29, 1.82) is 0 Å². The van der Waals surface area contributed by atoms with E-state index in [9.17, 15) is 47.9 Å². The zero-order valence-electron chi connectivity index (χ0n) is 50.5. The van der Waals surface area contributed by atoms with Gasteiger partial charge in [0.1, 0.15) is 43.3 Å². The van der Waals surface area contributed by atoms with E-state index in [1.165, 1.54) is 51.5 Å². The first-order valence-electron chi connectivity index (χ1n) is 27.4. The minimum Gasteiger partial charge on any atom is -0.480 e. The third kappa shape index (κ3) is 19.2. The van der Waals surface area contributed by atoms with Crippen LogP contribution in [-0.2, 0) is 92.4 Å². The molecule has 2 fully saturated rings. The Balaban J connectivity index is 1.85.